The Morgan fingerprint density at radius 3 is 2.82 bits per heavy atom. The first-order valence-corrected chi connectivity index (χ1v) is 9.38. The molecule has 2 aliphatic rings. The van der Waals surface area contributed by atoms with Crippen LogP contribution in [0.1, 0.15) is 36.5 Å². The number of nitro groups is 1. The van der Waals surface area contributed by atoms with Crippen molar-refractivity contribution in [2.75, 3.05) is 18.6 Å². The summed E-state index contributed by atoms with van der Waals surface area (Å²) in [4.78, 5) is 30.1. The maximum Gasteiger partial charge on any atom is 0.293 e. The number of anilines is 1. The van der Waals surface area contributed by atoms with E-state index in [1.165, 1.54) is 12.3 Å². The third kappa shape index (κ3) is 2.63. The largest absolute Gasteiger partial charge is 0.377 e. The van der Waals surface area contributed by atoms with Crippen LogP contribution in [-0.2, 0) is 11.8 Å². The topological polar surface area (TPSA) is 90.5 Å². The lowest BCUT2D eigenvalue weighted by Crippen LogP contribution is -2.66. The summed E-state index contributed by atoms with van der Waals surface area (Å²) in [5.41, 5.74) is 0.615. The Labute approximate surface area is 163 Å². The first kappa shape index (κ1) is 18.6. The fourth-order valence-corrected chi connectivity index (χ4v) is 5.06. The molecule has 2 fully saturated rings. The van der Waals surface area contributed by atoms with Crippen LogP contribution in [0.5, 0.6) is 0 Å². The summed E-state index contributed by atoms with van der Waals surface area (Å²) in [6.07, 6.45) is 4.36. The predicted molar refractivity (Wildman–Crippen MR) is 104 cm³/mol. The van der Waals surface area contributed by atoms with Crippen LogP contribution in [0.2, 0.25) is 0 Å². The first-order chi connectivity index (χ1) is 13.2. The summed E-state index contributed by atoms with van der Waals surface area (Å²) >= 11 is 0. The molecule has 148 valence electrons. The zero-order chi connectivity index (χ0) is 20.2. The van der Waals surface area contributed by atoms with Gasteiger partial charge in [-0.3, -0.25) is 14.9 Å². The summed E-state index contributed by atoms with van der Waals surface area (Å²) in [6, 6.07) is 4.82. The normalized spacial score (nSPS) is 25.1. The molecule has 3 atom stereocenters. The second kappa shape index (κ2) is 6.41. The van der Waals surface area contributed by atoms with E-state index >= 15 is 0 Å². The van der Waals surface area contributed by atoms with Crippen LogP contribution in [0.3, 0.4) is 0 Å². The van der Waals surface area contributed by atoms with Gasteiger partial charge in [0.15, 0.2) is 5.82 Å². The van der Waals surface area contributed by atoms with Crippen LogP contribution in [0.4, 0.5) is 11.4 Å². The molecule has 1 saturated carbocycles. The summed E-state index contributed by atoms with van der Waals surface area (Å²) in [7, 11) is 3.61. The molecule has 2 heterocycles. The quantitative estimate of drug-likeness (QED) is 0.447. The third-order valence-corrected chi connectivity index (χ3v) is 6.29. The average molecular weight is 384 g/mol. The molecule has 1 aromatic carbocycles. The average Bonchev–Trinajstić information content (AvgIpc) is 3.28. The molecule has 3 unspecified atom stereocenters. The van der Waals surface area contributed by atoms with Crippen LogP contribution in [0.25, 0.3) is 0 Å². The van der Waals surface area contributed by atoms with E-state index in [0.29, 0.717) is 11.6 Å². The molecule has 0 spiro atoms. The molecule has 1 aliphatic carbocycles. The number of aromatic nitrogens is 2. The van der Waals surface area contributed by atoms with Gasteiger partial charge in [-0.2, -0.15) is 0 Å². The van der Waals surface area contributed by atoms with Crippen molar-refractivity contribution in [3.05, 3.63) is 52.1 Å². The minimum Gasteiger partial charge on any atom is -0.377 e. The molecule has 4 rings (SSSR count). The summed E-state index contributed by atoms with van der Waals surface area (Å²) < 4.78 is 7.45. The lowest BCUT2D eigenvalue weighted by Gasteiger charge is -2.58. The number of ketones is 1. The Balaban J connectivity index is 1.69. The van der Waals surface area contributed by atoms with Crippen LogP contribution >= 0.6 is 0 Å². The van der Waals surface area contributed by atoms with Crippen molar-refractivity contribution in [1.29, 1.82) is 0 Å². The van der Waals surface area contributed by atoms with Crippen LogP contribution < -0.4 is 4.90 Å². The lowest BCUT2D eigenvalue weighted by molar-refractivity contribution is -0.384. The number of carbonyl (C=O) groups excluding carboxylic acids is 1. The second-order valence-electron chi connectivity index (χ2n) is 8.27. The van der Waals surface area contributed by atoms with E-state index in [4.69, 9.17) is 4.74 Å². The van der Waals surface area contributed by atoms with Gasteiger partial charge in [-0.05, 0) is 18.6 Å². The fraction of sp³-hybridized carbons (Fsp3) is 0.500. The Bertz CT molecular complexity index is 951. The van der Waals surface area contributed by atoms with E-state index in [1.54, 1.807) is 29.9 Å². The Kier molecular flexibility index (Phi) is 4.26. The molecular formula is C20H24N4O4. The minimum absolute atomic E-state index is 0.0688. The van der Waals surface area contributed by atoms with Crippen LogP contribution in [-0.4, -0.2) is 46.1 Å². The lowest BCUT2D eigenvalue weighted by atomic mass is 9.56. The molecule has 1 aliphatic heterocycles. The van der Waals surface area contributed by atoms with Crippen molar-refractivity contribution in [1.82, 2.24) is 9.55 Å². The smallest absolute Gasteiger partial charge is 0.293 e. The van der Waals surface area contributed by atoms with Gasteiger partial charge in [-0.1, -0.05) is 13.8 Å². The highest BCUT2D eigenvalue weighted by Crippen LogP contribution is 2.55. The number of nitro benzene ring substituents is 1. The van der Waals surface area contributed by atoms with Crippen molar-refractivity contribution < 1.29 is 14.5 Å². The van der Waals surface area contributed by atoms with Crippen LogP contribution in [0, 0.1) is 21.4 Å². The van der Waals surface area contributed by atoms with Gasteiger partial charge in [0.05, 0.1) is 11.0 Å². The highest BCUT2D eigenvalue weighted by molar-refractivity contribution is 6.07. The number of hydrogen-bond acceptors (Lipinski definition) is 6. The Morgan fingerprint density at radius 1 is 1.43 bits per heavy atom. The van der Waals surface area contributed by atoms with Gasteiger partial charge in [-0.25, -0.2) is 4.98 Å². The van der Waals surface area contributed by atoms with Crippen molar-refractivity contribution in [2.45, 2.75) is 32.4 Å². The zero-order valence-corrected chi connectivity index (χ0v) is 16.5. The predicted octanol–water partition coefficient (Wildman–Crippen LogP) is 2.81. The number of ether oxygens (including phenoxy) is 1. The Morgan fingerprint density at radius 2 is 2.18 bits per heavy atom. The molecule has 0 bridgehead atoms. The van der Waals surface area contributed by atoms with Gasteiger partial charge < -0.3 is 14.2 Å². The van der Waals surface area contributed by atoms with Crippen molar-refractivity contribution in [3.8, 4) is 0 Å². The summed E-state index contributed by atoms with van der Waals surface area (Å²) in [5, 5.41) is 11.8. The first-order valence-electron chi connectivity index (χ1n) is 9.38. The van der Waals surface area contributed by atoms with Crippen molar-refractivity contribution in [3.63, 3.8) is 0 Å². The van der Waals surface area contributed by atoms with Gasteiger partial charge in [0.25, 0.3) is 5.69 Å². The van der Waals surface area contributed by atoms with E-state index in [9.17, 15) is 14.9 Å². The molecule has 0 N–H and O–H groups in total. The fourth-order valence-electron chi connectivity index (χ4n) is 5.06. The van der Waals surface area contributed by atoms with Crippen LogP contribution in [0.15, 0.2) is 30.6 Å². The number of fused-ring (bicyclic) bond motifs is 1. The standard InChI is InChI=1S/C20H24N4O4/c1-20(2)17(13-7-10-28-18(13)20)23(4)14-6-5-12(11-15(14)24(26)27)16(25)19-21-8-9-22(19)3/h5-6,8-9,11,13,17-18H,7,10H2,1-4H3. The number of rotatable bonds is 5. The number of imidazole rings is 1. The molecule has 0 radical (unpaired) electrons. The van der Waals surface area contributed by atoms with E-state index in [-0.39, 0.29) is 40.4 Å². The molecule has 1 aromatic heterocycles. The zero-order valence-electron chi connectivity index (χ0n) is 16.5. The number of carbonyl (C=O) groups is 1. The number of benzene rings is 1. The van der Waals surface area contributed by atoms with Gasteiger partial charge in [0, 0.05) is 62.1 Å². The molecular weight excluding hydrogens is 360 g/mol. The highest BCUT2D eigenvalue weighted by atomic mass is 16.6. The summed E-state index contributed by atoms with van der Waals surface area (Å²) in [6.45, 7) is 5.03. The maximum atomic E-state index is 12.7. The molecule has 1 saturated heterocycles. The maximum absolute atomic E-state index is 12.7. The summed E-state index contributed by atoms with van der Waals surface area (Å²) in [5.74, 6) is 0.285. The molecule has 28 heavy (non-hydrogen) atoms. The van der Waals surface area contributed by atoms with Crippen molar-refractivity contribution >= 4 is 17.2 Å². The van der Waals surface area contributed by atoms with Gasteiger partial charge in [0.1, 0.15) is 5.69 Å². The number of aryl methyl sites for hydroxylation is 1. The molecule has 8 heteroatoms. The highest BCUT2D eigenvalue weighted by Gasteiger charge is 2.61. The second-order valence-corrected chi connectivity index (χ2v) is 8.27. The SMILES string of the molecule is CN(c1ccc(C(=O)c2nccn2C)cc1[N+](=O)[O-])C1C2CCOC2C1(C)C. The number of nitrogens with zero attached hydrogens (tertiary/aromatic N) is 4. The molecule has 8 nitrogen and oxygen atoms in total. The Hall–Kier alpha value is -2.74. The number of hydrogen-bond donors (Lipinski definition) is 0. The van der Waals surface area contributed by atoms with E-state index < -0.39 is 4.92 Å². The van der Waals surface area contributed by atoms with E-state index in [2.05, 4.69) is 18.8 Å². The monoisotopic (exact) mass is 384 g/mol. The van der Waals surface area contributed by atoms with Crippen molar-refractivity contribution in [2.24, 2.45) is 18.4 Å². The van der Waals surface area contributed by atoms with Gasteiger partial charge in [-0.15, -0.1) is 0 Å². The molecule has 2 aromatic rings. The van der Waals surface area contributed by atoms with E-state index in [0.717, 1.165) is 13.0 Å². The van der Waals surface area contributed by atoms with Gasteiger partial charge >= 0.3 is 0 Å². The van der Waals surface area contributed by atoms with Gasteiger partial charge in [0.2, 0.25) is 5.78 Å². The third-order valence-electron chi connectivity index (χ3n) is 6.29. The minimum atomic E-state index is -0.421. The van der Waals surface area contributed by atoms with E-state index in [1.807, 2.05) is 11.9 Å². The molecule has 0 amide bonds.